The fourth-order valence-electron chi connectivity index (χ4n) is 2.79. The molecule has 2 heterocycles. The van der Waals surface area contributed by atoms with Gasteiger partial charge in [0.25, 0.3) is 0 Å². The maximum absolute atomic E-state index is 11.8. The molecule has 2 rings (SSSR count). The van der Waals surface area contributed by atoms with Crippen molar-refractivity contribution in [2.75, 3.05) is 26.3 Å². The van der Waals surface area contributed by atoms with E-state index in [0.29, 0.717) is 25.5 Å². The van der Waals surface area contributed by atoms with Crippen molar-refractivity contribution in [1.82, 2.24) is 25.4 Å². The van der Waals surface area contributed by atoms with E-state index in [1.807, 2.05) is 13.8 Å². The van der Waals surface area contributed by atoms with Crippen molar-refractivity contribution in [3.05, 3.63) is 11.6 Å². The Balaban J connectivity index is 1.62. The van der Waals surface area contributed by atoms with Gasteiger partial charge in [-0.3, -0.25) is 0 Å². The van der Waals surface area contributed by atoms with E-state index < -0.39 is 6.10 Å². The lowest BCUT2D eigenvalue weighted by Crippen LogP contribution is -2.41. The zero-order valence-corrected chi connectivity index (χ0v) is 15.3. The number of carbonyl (C=O) groups excluding carboxylic acids is 1. The van der Waals surface area contributed by atoms with Crippen LogP contribution in [0.5, 0.6) is 0 Å². The number of fused-ring (bicyclic) bond motifs is 1. The lowest BCUT2D eigenvalue weighted by Gasteiger charge is -2.14. The van der Waals surface area contributed by atoms with Gasteiger partial charge in [0.2, 0.25) is 0 Å². The van der Waals surface area contributed by atoms with Crippen molar-refractivity contribution >= 4 is 6.03 Å². The number of hydrogen-bond donors (Lipinski definition) is 3. The summed E-state index contributed by atoms with van der Waals surface area (Å²) in [6, 6.07) is -0.293. The summed E-state index contributed by atoms with van der Waals surface area (Å²) >= 11 is 0. The molecule has 0 aliphatic carbocycles. The van der Waals surface area contributed by atoms with Gasteiger partial charge in [-0.05, 0) is 18.8 Å². The molecule has 2 amide bonds. The molecule has 1 atom stereocenters. The minimum absolute atomic E-state index is 0.171. The third-order valence-electron chi connectivity index (χ3n) is 4.08. The molecule has 0 saturated carbocycles. The fraction of sp³-hybridized carbons (Fsp3) is 0.824. The van der Waals surface area contributed by atoms with Gasteiger partial charge in [0.05, 0.1) is 12.7 Å². The number of aliphatic hydroxyl groups is 1. The summed E-state index contributed by atoms with van der Waals surface area (Å²) in [4.78, 5) is 11.8. The van der Waals surface area contributed by atoms with Crippen LogP contribution < -0.4 is 10.6 Å². The van der Waals surface area contributed by atoms with E-state index in [1.165, 1.54) is 12.8 Å². The lowest BCUT2D eigenvalue weighted by atomic mass is 10.2. The molecule has 0 spiro atoms. The summed E-state index contributed by atoms with van der Waals surface area (Å²) < 4.78 is 7.53. The first-order valence-corrected chi connectivity index (χ1v) is 9.24. The molecule has 1 aliphatic rings. The first kappa shape index (κ1) is 19.7. The Morgan fingerprint density at radius 1 is 1.24 bits per heavy atom. The normalized spacial score (nSPS) is 15.5. The second kappa shape index (κ2) is 10.4. The largest absolute Gasteiger partial charge is 0.389 e. The van der Waals surface area contributed by atoms with E-state index >= 15 is 0 Å². The van der Waals surface area contributed by atoms with Gasteiger partial charge in [-0.1, -0.05) is 20.3 Å². The van der Waals surface area contributed by atoms with Gasteiger partial charge in [0.15, 0.2) is 0 Å². The monoisotopic (exact) mass is 353 g/mol. The Morgan fingerprint density at radius 3 is 2.88 bits per heavy atom. The standard InChI is InChI=1S/C17H31N5O3/c1-13(2)11-25-12-14(23)10-19-17(24)18-8-7-16-21-20-15-6-4-3-5-9-22(15)16/h13-14,23H,3-12H2,1-2H3,(H2,18,19,24)/t14-/m0/s1. The number of carbonyl (C=O) groups is 1. The van der Waals surface area contributed by atoms with E-state index in [4.69, 9.17) is 4.74 Å². The van der Waals surface area contributed by atoms with Crippen LogP contribution in [0, 0.1) is 5.92 Å². The Morgan fingerprint density at radius 2 is 2.08 bits per heavy atom. The molecule has 1 aromatic heterocycles. The maximum atomic E-state index is 11.8. The van der Waals surface area contributed by atoms with Gasteiger partial charge >= 0.3 is 6.03 Å². The van der Waals surface area contributed by atoms with Crippen LogP contribution in [-0.2, 0) is 24.1 Å². The maximum Gasteiger partial charge on any atom is 0.314 e. The molecule has 8 heteroatoms. The smallest absolute Gasteiger partial charge is 0.314 e. The molecule has 0 aromatic carbocycles. The van der Waals surface area contributed by atoms with Crippen molar-refractivity contribution in [3.8, 4) is 0 Å². The van der Waals surface area contributed by atoms with Crippen LogP contribution in [0.25, 0.3) is 0 Å². The quantitative estimate of drug-likeness (QED) is 0.612. The number of urea groups is 1. The van der Waals surface area contributed by atoms with Crippen LogP contribution in [-0.4, -0.2) is 58.3 Å². The van der Waals surface area contributed by atoms with Gasteiger partial charge in [-0.15, -0.1) is 10.2 Å². The predicted molar refractivity (Wildman–Crippen MR) is 94.3 cm³/mol. The minimum atomic E-state index is -0.697. The molecule has 0 saturated heterocycles. The molecule has 0 radical (unpaired) electrons. The van der Waals surface area contributed by atoms with Crippen LogP contribution in [0.4, 0.5) is 4.79 Å². The average molecular weight is 353 g/mol. The Hall–Kier alpha value is -1.67. The molecule has 1 aliphatic heterocycles. The molecule has 0 fully saturated rings. The fourth-order valence-corrected chi connectivity index (χ4v) is 2.79. The van der Waals surface area contributed by atoms with Crippen molar-refractivity contribution in [2.24, 2.45) is 5.92 Å². The van der Waals surface area contributed by atoms with Crippen LogP contribution in [0.15, 0.2) is 0 Å². The zero-order valence-electron chi connectivity index (χ0n) is 15.3. The summed E-state index contributed by atoms with van der Waals surface area (Å²) in [5.74, 6) is 2.41. The number of aryl methyl sites for hydroxylation is 1. The van der Waals surface area contributed by atoms with Crippen LogP contribution in [0.3, 0.4) is 0 Å². The van der Waals surface area contributed by atoms with E-state index in [0.717, 1.165) is 31.0 Å². The summed E-state index contributed by atoms with van der Waals surface area (Å²) in [7, 11) is 0. The van der Waals surface area contributed by atoms with Crippen molar-refractivity contribution in [1.29, 1.82) is 0 Å². The molecule has 1 aromatic rings. The van der Waals surface area contributed by atoms with E-state index in [1.54, 1.807) is 0 Å². The summed E-state index contributed by atoms with van der Waals surface area (Å²) in [6.07, 6.45) is 4.49. The molecule has 25 heavy (non-hydrogen) atoms. The number of aromatic nitrogens is 3. The van der Waals surface area contributed by atoms with Gasteiger partial charge < -0.3 is 25.0 Å². The molecule has 142 valence electrons. The number of nitrogens with one attached hydrogen (secondary N) is 2. The summed E-state index contributed by atoms with van der Waals surface area (Å²) in [5, 5.41) is 23.7. The van der Waals surface area contributed by atoms with Crippen molar-refractivity contribution < 1.29 is 14.6 Å². The number of nitrogens with zero attached hydrogens (tertiary/aromatic N) is 3. The van der Waals surface area contributed by atoms with Crippen LogP contribution >= 0.6 is 0 Å². The summed E-state index contributed by atoms with van der Waals surface area (Å²) in [6.45, 7) is 6.55. The predicted octanol–water partition coefficient (Wildman–Crippen LogP) is 0.880. The first-order chi connectivity index (χ1) is 12.1. The highest BCUT2D eigenvalue weighted by atomic mass is 16.5. The highest BCUT2D eigenvalue weighted by Gasteiger charge is 2.14. The lowest BCUT2D eigenvalue weighted by molar-refractivity contribution is 0.0273. The first-order valence-electron chi connectivity index (χ1n) is 9.24. The van der Waals surface area contributed by atoms with E-state index in [-0.39, 0.29) is 19.2 Å². The molecule has 3 N–H and O–H groups in total. The van der Waals surface area contributed by atoms with Gasteiger partial charge in [-0.25, -0.2) is 4.79 Å². The second-order valence-corrected chi connectivity index (χ2v) is 6.97. The van der Waals surface area contributed by atoms with E-state index in [9.17, 15) is 9.90 Å². The molecular weight excluding hydrogens is 322 g/mol. The average Bonchev–Trinajstić information content (AvgIpc) is 2.79. The highest BCUT2D eigenvalue weighted by molar-refractivity contribution is 5.73. The number of amides is 2. The third-order valence-corrected chi connectivity index (χ3v) is 4.08. The number of aliphatic hydroxyl groups excluding tert-OH is 1. The SMILES string of the molecule is CC(C)COC[C@@H](O)CNC(=O)NCCc1nnc2n1CCCCC2. The summed E-state index contributed by atoms with van der Waals surface area (Å²) in [5.41, 5.74) is 0. The van der Waals surface area contributed by atoms with Gasteiger partial charge in [0, 0.05) is 39.1 Å². The van der Waals surface area contributed by atoms with Gasteiger partial charge in [0.1, 0.15) is 11.6 Å². The van der Waals surface area contributed by atoms with Gasteiger partial charge in [-0.2, -0.15) is 0 Å². The van der Waals surface area contributed by atoms with Crippen molar-refractivity contribution in [3.63, 3.8) is 0 Å². The number of hydrogen-bond acceptors (Lipinski definition) is 5. The zero-order chi connectivity index (χ0) is 18.1. The number of ether oxygens (including phenoxy) is 1. The minimum Gasteiger partial charge on any atom is -0.389 e. The number of rotatable bonds is 9. The van der Waals surface area contributed by atoms with E-state index in [2.05, 4.69) is 25.4 Å². The Kier molecular flexibility index (Phi) is 8.14. The van der Waals surface area contributed by atoms with Crippen LogP contribution in [0.2, 0.25) is 0 Å². The van der Waals surface area contributed by atoms with Crippen molar-refractivity contribution in [2.45, 2.75) is 58.6 Å². The Labute approximate surface area is 149 Å². The second-order valence-electron chi connectivity index (χ2n) is 6.97. The molecule has 0 bridgehead atoms. The highest BCUT2D eigenvalue weighted by Crippen LogP contribution is 2.14. The third kappa shape index (κ3) is 6.99. The molecular formula is C17H31N5O3. The molecule has 8 nitrogen and oxygen atoms in total. The van der Waals surface area contributed by atoms with Crippen LogP contribution in [0.1, 0.15) is 44.8 Å². The molecule has 0 unspecified atom stereocenters. The topological polar surface area (TPSA) is 101 Å². The Bertz CT molecular complexity index is 532.